The van der Waals surface area contributed by atoms with E-state index in [4.69, 9.17) is 0 Å². The van der Waals surface area contributed by atoms with Crippen LogP contribution in [0, 0.1) is 12.8 Å². The molecular weight excluding hydrogens is 336 g/mol. The van der Waals surface area contributed by atoms with E-state index in [-0.39, 0.29) is 11.8 Å². The van der Waals surface area contributed by atoms with Crippen LogP contribution in [0.15, 0.2) is 28.2 Å². The second-order valence-corrected chi connectivity index (χ2v) is 6.93. The zero-order valence-corrected chi connectivity index (χ0v) is 13.6. The van der Waals surface area contributed by atoms with Crippen LogP contribution in [0.1, 0.15) is 22.6 Å². The minimum Gasteiger partial charge on any atom is -0.325 e. The Morgan fingerprint density at radius 2 is 2.35 bits per heavy atom. The van der Waals surface area contributed by atoms with E-state index in [1.807, 2.05) is 30.6 Å². The molecule has 1 heterocycles. The van der Waals surface area contributed by atoms with Gasteiger partial charge in [-0.1, -0.05) is 6.07 Å². The molecule has 1 aliphatic carbocycles. The summed E-state index contributed by atoms with van der Waals surface area (Å²) < 4.78 is 0.931. The van der Waals surface area contributed by atoms with Crippen molar-refractivity contribution in [3.8, 4) is 0 Å². The fourth-order valence-electron chi connectivity index (χ4n) is 2.48. The average Bonchev–Trinajstić information content (AvgIpc) is 2.89. The smallest absolute Gasteiger partial charge is 0.227 e. The van der Waals surface area contributed by atoms with Gasteiger partial charge in [0.05, 0.1) is 16.9 Å². The summed E-state index contributed by atoms with van der Waals surface area (Å²) in [6, 6.07) is 5.96. The largest absolute Gasteiger partial charge is 0.325 e. The van der Waals surface area contributed by atoms with Crippen LogP contribution in [0.2, 0.25) is 0 Å². The molecule has 0 bridgehead atoms. The molecule has 0 spiro atoms. The van der Waals surface area contributed by atoms with Gasteiger partial charge in [-0.05, 0) is 59.8 Å². The van der Waals surface area contributed by atoms with E-state index in [2.05, 4.69) is 26.2 Å². The van der Waals surface area contributed by atoms with Crippen LogP contribution in [0.4, 0.5) is 5.69 Å². The number of benzene rings is 1. The molecule has 2 aromatic rings. The first-order valence-corrected chi connectivity index (χ1v) is 8.29. The Balaban J connectivity index is 1.71. The number of hydrogen-bond donors (Lipinski definition) is 1. The zero-order chi connectivity index (χ0) is 14.1. The number of thiazole rings is 1. The maximum Gasteiger partial charge on any atom is 0.227 e. The first-order chi connectivity index (χ1) is 9.63. The molecule has 3 rings (SSSR count). The third-order valence-corrected chi connectivity index (χ3v) is 5.19. The third-order valence-electron chi connectivity index (χ3n) is 3.64. The van der Waals surface area contributed by atoms with Gasteiger partial charge in [0.1, 0.15) is 0 Å². The molecule has 1 amide bonds. The van der Waals surface area contributed by atoms with Gasteiger partial charge < -0.3 is 5.32 Å². The van der Waals surface area contributed by atoms with Crippen molar-refractivity contribution in [3.05, 3.63) is 44.3 Å². The molecule has 0 saturated heterocycles. The molecule has 104 valence electrons. The molecule has 1 aliphatic rings. The fraction of sp³-hybridized carbons (Fsp3) is 0.333. The molecule has 1 N–H and O–H groups in total. The van der Waals surface area contributed by atoms with E-state index >= 15 is 0 Å². The molecule has 3 nitrogen and oxygen atoms in total. The summed E-state index contributed by atoms with van der Waals surface area (Å²) in [6.45, 7) is 2.03. The lowest BCUT2D eigenvalue weighted by Crippen LogP contribution is -2.27. The van der Waals surface area contributed by atoms with Crippen LogP contribution in [-0.2, 0) is 17.6 Å². The summed E-state index contributed by atoms with van der Waals surface area (Å²) in [5, 5.41) is 3.03. The highest BCUT2D eigenvalue weighted by Crippen LogP contribution is 2.30. The zero-order valence-electron chi connectivity index (χ0n) is 11.1. The lowest BCUT2D eigenvalue weighted by Gasteiger charge is -2.21. The highest BCUT2D eigenvalue weighted by atomic mass is 79.9. The van der Waals surface area contributed by atoms with Crippen LogP contribution in [0.3, 0.4) is 0 Å². The van der Waals surface area contributed by atoms with Gasteiger partial charge in [0, 0.05) is 15.3 Å². The van der Waals surface area contributed by atoms with Crippen LogP contribution in [0.5, 0.6) is 0 Å². The van der Waals surface area contributed by atoms with Crippen LogP contribution >= 0.6 is 27.3 Å². The summed E-state index contributed by atoms with van der Waals surface area (Å²) in [4.78, 5) is 18.0. The van der Waals surface area contributed by atoms with E-state index in [0.29, 0.717) is 0 Å². The van der Waals surface area contributed by atoms with Crippen molar-refractivity contribution in [2.75, 3.05) is 5.32 Å². The predicted molar refractivity (Wildman–Crippen MR) is 85.1 cm³/mol. The van der Waals surface area contributed by atoms with Crippen molar-refractivity contribution in [1.82, 2.24) is 4.98 Å². The van der Waals surface area contributed by atoms with E-state index in [1.165, 1.54) is 16.1 Å². The van der Waals surface area contributed by atoms with Crippen molar-refractivity contribution < 1.29 is 4.79 Å². The van der Waals surface area contributed by atoms with Crippen LogP contribution < -0.4 is 5.32 Å². The Labute approximate surface area is 130 Å². The normalized spacial score (nSPS) is 17.6. The van der Waals surface area contributed by atoms with Gasteiger partial charge in [0.2, 0.25) is 5.91 Å². The molecule has 0 radical (unpaired) electrons. The van der Waals surface area contributed by atoms with Gasteiger partial charge in [0.25, 0.3) is 0 Å². The summed E-state index contributed by atoms with van der Waals surface area (Å²) in [5.41, 5.74) is 5.06. The monoisotopic (exact) mass is 350 g/mol. The standard InChI is InChI=1S/C15H15BrN2OS/c1-9-2-4-12(11(16)6-9)18-15(19)10-3-5-13-14(7-10)20-8-17-13/h2,4,6,8,10H,3,5,7H2,1H3,(H,18,19). The Hall–Kier alpha value is -1.20. The Kier molecular flexibility index (Phi) is 3.89. The molecule has 0 aliphatic heterocycles. The number of nitrogens with zero attached hydrogens (tertiary/aromatic N) is 1. The number of anilines is 1. The summed E-state index contributed by atoms with van der Waals surface area (Å²) in [6.07, 6.45) is 2.60. The van der Waals surface area contributed by atoms with Gasteiger partial charge in [-0.2, -0.15) is 0 Å². The number of carbonyl (C=O) groups is 1. The second-order valence-electron chi connectivity index (χ2n) is 5.13. The van der Waals surface area contributed by atoms with Gasteiger partial charge in [-0.3, -0.25) is 4.79 Å². The number of amides is 1. The maximum absolute atomic E-state index is 12.4. The summed E-state index contributed by atoms with van der Waals surface area (Å²) >= 11 is 5.15. The molecular formula is C15H15BrN2OS. The third kappa shape index (κ3) is 2.79. The molecule has 0 fully saturated rings. The van der Waals surface area contributed by atoms with E-state index < -0.39 is 0 Å². The number of hydrogen-bond acceptors (Lipinski definition) is 3. The van der Waals surface area contributed by atoms with Crippen LogP contribution in [0.25, 0.3) is 0 Å². The predicted octanol–water partition coefficient (Wildman–Crippen LogP) is 3.96. The average molecular weight is 351 g/mol. The molecule has 0 saturated carbocycles. The number of nitrogens with one attached hydrogen (secondary N) is 1. The maximum atomic E-state index is 12.4. The van der Waals surface area contributed by atoms with Gasteiger partial charge in [-0.25, -0.2) is 4.98 Å². The minimum atomic E-state index is 0.0520. The molecule has 1 aromatic heterocycles. The number of aryl methyl sites for hydroxylation is 2. The van der Waals surface area contributed by atoms with E-state index in [0.717, 1.165) is 29.4 Å². The fourth-order valence-corrected chi connectivity index (χ4v) is 3.97. The number of rotatable bonds is 2. The van der Waals surface area contributed by atoms with Gasteiger partial charge in [-0.15, -0.1) is 11.3 Å². The highest BCUT2D eigenvalue weighted by Gasteiger charge is 2.26. The minimum absolute atomic E-state index is 0.0520. The summed E-state index contributed by atoms with van der Waals surface area (Å²) in [5.74, 6) is 0.157. The topological polar surface area (TPSA) is 42.0 Å². The summed E-state index contributed by atoms with van der Waals surface area (Å²) in [7, 11) is 0. The molecule has 1 aromatic carbocycles. The van der Waals surface area contributed by atoms with Crippen molar-refractivity contribution in [2.24, 2.45) is 5.92 Å². The molecule has 20 heavy (non-hydrogen) atoms. The number of halogens is 1. The molecule has 1 unspecified atom stereocenters. The Bertz CT molecular complexity index is 653. The van der Waals surface area contributed by atoms with Crippen molar-refractivity contribution in [1.29, 1.82) is 0 Å². The van der Waals surface area contributed by atoms with Gasteiger partial charge >= 0.3 is 0 Å². The Morgan fingerprint density at radius 3 is 3.15 bits per heavy atom. The lowest BCUT2D eigenvalue weighted by atomic mass is 9.90. The first kappa shape index (κ1) is 13.8. The number of aromatic nitrogens is 1. The molecule has 1 atom stereocenters. The lowest BCUT2D eigenvalue weighted by molar-refractivity contribution is -0.120. The Morgan fingerprint density at radius 1 is 1.50 bits per heavy atom. The highest BCUT2D eigenvalue weighted by molar-refractivity contribution is 9.10. The molecule has 5 heteroatoms. The van der Waals surface area contributed by atoms with Crippen molar-refractivity contribution in [2.45, 2.75) is 26.2 Å². The van der Waals surface area contributed by atoms with Crippen molar-refractivity contribution in [3.63, 3.8) is 0 Å². The SMILES string of the molecule is Cc1ccc(NC(=O)C2CCc3ncsc3C2)c(Br)c1. The second kappa shape index (κ2) is 5.66. The number of carbonyl (C=O) groups excluding carboxylic acids is 1. The van der Waals surface area contributed by atoms with Gasteiger partial charge in [0.15, 0.2) is 0 Å². The van der Waals surface area contributed by atoms with E-state index in [9.17, 15) is 4.79 Å². The number of fused-ring (bicyclic) bond motifs is 1. The quantitative estimate of drug-likeness (QED) is 0.890. The van der Waals surface area contributed by atoms with E-state index in [1.54, 1.807) is 11.3 Å². The van der Waals surface area contributed by atoms with Crippen LogP contribution in [-0.4, -0.2) is 10.9 Å². The first-order valence-electron chi connectivity index (χ1n) is 6.62. The van der Waals surface area contributed by atoms with Crippen molar-refractivity contribution >= 4 is 38.9 Å².